The van der Waals surface area contributed by atoms with E-state index in [9.17, 15) is 9.18 Å². The largest absolute Gasteiger partial charge is 0.460 e. The van der Waals surface area contributed by atoms with Crippen molar-refractivity contribution < 1.29 is 13.9 Å². The fraction of sp³-hybridized carbons (Fsp3) is 0.650. The predicted octanol–water partition coefficient (Wildman–Crippen LogP) is 3.69. The average Bonchev–Trinajstić information content (AvgIpc) is 2.58. The topological polar surface area (TPSA) is 55.6 Å². The lowest BCUT2D eigenvalue weighted by atomic mass is 9.96. The van der Waals surface area contributed by atoms with E-state index in [1.165, 1.54) is 17.8 Å². The number of piperidine rings is 1. The normalized spacial score (nSPS) is 17.9. The molecule has 0 unspecified atom stereocenters. The molecule has 1 fully saturated rings. The molecule has 26 heavy (non-hydrogen) atoms. The molecule has 1 aliphatic heterocycles. The van der Waals surface area contributed by atoms with E-state index in [4.69, 9.17) is 10.5 Å². The third-order valence-electron chi connectivity index (χ3n) is 4.43. The van der Waals surface area contributed by atoms with Crippen LogP contribution in [0.1, 0.15) is 40.0 Å². The molecule has 0 aromatic heterocycles. The van der Waals surface area contributed by atoms with Crippen LogP contribution in [0.5, 0.6) is 0 Å². The Morgan fingerprint density at radius 2 is 2.00 bits per heavy atom. The summed E-state index contributed by atoms with van der Waals surface area (Å²) in [5, 5.41) is 0. The number of carbonyl (C=O) groups excluding carboxylic acids is 1. The van der Waals surface area contributed by atoms with Crippen molar-refractivity contribution >= 4 is 17.7 Å². The van der Waals surface area contributed by atoms with Crippen LogP contribution in [0.4, 0.5) is 4.39 Å². The quantitative estimate of drug-likeness (QED) is 0.576. The number of nitrogens with two attached hydrogens (primary N) is 1. The van der Waals surface area contributed by atoms with Gasteiger partial charge in [-0.25, -0.2) is 4.39 Å². The van der Waals surface area contributed by atoms with Gasteiger partial charge in [-0.15, -0.1) is 11.8 Å². The number of rotatable bonds is 7. The van der Waals surface area contributed by atoms with Crippen molar-refractivity contribution in [3.05, 3.63) is 30.1 Å². The molecule has 0 bridgehead atoms. The van der Waals surface area contributed by atoms with Crippen LogP contribution in [-0.4, -0.2) is 47.9 Å². The zero-order chi connectivity index (χ0) is 19.2. The highest BCUT2D eigenvalue weighted by molar-refractivity contribution is 7.99. The second-order valence-corrected chi connectivity index (χ2v) is 9.00. The third kappa shape index (κ3) is 7.25. The van der Waals surface area contributed by atoms with Gasteiger partial charge in [0.05, 0.1) is 5.92 Å². The summed E-state index contributed by atoms with van der Waals surface area (Å²) in [5.74, 6) is 0.454. The van der Waals surface area contributed by atoms with Gasteiger partial charge in [-0.2, -0.15) is 0 Å². The van der Waals surface area contributed by atoms with Crippen molar-refractivity contribution in [1.29, 1.82) is 0 Å². The maximum Gasteiger partial charge on any atom is 0.309 e. The van der Waals surface area contributed by atoms with Crippen LogP contribution in [0, 0.1) is 11.7 Å². The molecule has 0 spiro atoms. The summed E-state index contributed by atoms with van der Waals surface area (Å²) in [5.41, 5.74) is 5.77. The molecule has 1 heterocycles. The molecule has 1 saturated heterocycles. The summed E-state index contributed by atoms with van der Waals surface area (Å²) in [6, 6.07) is 6.83. The molecule has 1 atom stereocenters. The van der Waals surface area contributed by atoms with Gasteiger partial charge in [0.25, 0.3) is 0 Å². The fourth-order valence-electron chi connectivity index (χ4n) is 2.97. The second kappa shape index (κ2) is 9.72. The fourth-order valence-corrected chi connectivity index (χ4v) is 3.91. The summed E-state index contributed by atoms with van der Waals surface area (Å²) in [6.45, 7) is 8.43. The standard InChI is InChI=1S/C20H31FN2O2S/c1-20(2,3)25-19(24)15-8-11-23(12-9-15)13-10-16(22)14-26-18-7-5-4-6-17(18)21/h4-7,15-16H,8-14,22H2,1-3H3/t16-/m1/s1. The van der Waals surface area contributed by atoms with Crippen LogP contribution in [-0.2, 0) is 9.53 Å². The third-order valence-corrected chi connectivity index (χ3v) is 5.67. The van der Waals surface area contributed by atoms with Gasteiger partial charge in [-0.1, -0.05) is 12.1 Å². The van der Waals surface area contributed by atoms with Gasteiger partial charge in [0, 0.05) is 16.7 Å². The smallest absolute Gasteiger partial charge is 0.309 e. The highest BCUT2D eigenvalue weighted by Gasteiger charge is 2.29. The van der Waals surface area contributed by atoms with Crippen LogP contribution in [0.25, 0.3) is 0 Å². The molecule has 1 aliphatic rings. The van der Waals surface area contributed by atoms with E-state index >= 15 is 0 Å². The minimum atomic E-state index is -0.420. The number of hydrogen-bond acceptors (Lipinski definition) is 5. The number of ether oxygens (including phenoxy) is 1. The van der Waals surface area contributed by atoms with Gasteiger partial charge in [-0.3, -0.25) is 4.79 Å². The minimum Gasteiger partial charge on any atom is -0.460 e. The molecule has 6 heteroatoms. The molecule has 4 nitrogen and oxygen atoms in total. The van der Waals surface area contributed by atoms with Crippen LogP contribution in [0.2, 0.25) is 0 Å². The Hall–Kier alpha value is -1.11. The van der Waals surface area contributed by atoms with E-state index in [1.54, 1.807) is 12.1 Å². The first-order valence-corrected chi connectivity index (χ1v) is 10.3. The van der Waals surface area contributed by atoms with Crippen molar-refractivity contribution in [3.63, 3.8) is 0 Å². The monoisotopic (exact) mass is 382 g/mol. The van der Waals surface area contributed by atoms with E-state index in [1.807, 2.05) is 26.8 Å². The number of benzene rings is 1. The molecule has 146 valence electrons. The lowest BCUT2D eigenvalue weighted by molar-refractivity contribution is -0.161. The lowest BCUT2D eigenvalue weighted by Crippen LogP contribution is -2.40. The first-order chi connectivity index (χ1) is 12.2. The Kier molecular flexibility index (Phi) is 7.92. The van der Waals surface area contributed by atoms with E-state index in [-0.39, 0.29) is 23.7 Å². The van der Waals surface area contributed by atoms with E-state index in [2.05, 4.69) is 4.90 Å². The molecule has 0 radical (unpaired) electrons. The maximum absolute atomic E-state index is 13.6. The van der Waals surface area contributed by atoms with Crippen molar-refractivity contribution in [2.75, 3.05) is 25.4 Å². The van der Waals surface area contributed by atoms with Gasteiger partial charge in [0.1, 0.15) is 11.4 Å². The SMILES string of the molecule is CC(C)(C)OC(=O)C1CCN(CC[C@@H](N)CSc2ccccc2F)CC1. The number of nitrogens with zero attached hydrogens (tertiary/aromatic N) is 1. The summed E-state index contributed by atoms with van der Waals surface area (Å²) < 4.78 is 19.1. The molecular formula is C20H31FN2O2S. The van der Waals surface area contributed by atoms with E-state index in [0.717, 1.165) is 38.9 Å². The van der Waals surface area contributed by atoms with Crippen molar-refractivity contribution in [1.82, 2.24) is 4.90 Å². The van der Waals surface area contributed by atoms with E-state index in [0.29, 0.717) is 10.6 Å². The zero-order valence-corrected chi connectivity index (χ0v) is 16.9. The zero-order valence-electron chi connectivity index (χ0n) is 16.0. The maximum atomic E-state index is 13.6. The first kappa shape index (κ1) is 21.2. The number of likely N-dealkylation sites (tertiary alicyclic amines) is 1. The molecule has 1 aromatic carbocycles. The molecular weight excluding hydrogens is 351 g/mol. The van der Waals surface area contributed by atoms with Gasteiger partial charge < -0.3 is 15.4 Å². The first-order valence-electron chi connectivity index (χ1n) is 9.33. The number of hydrogen-bond donors (Lipinski definition) is 1. The van der Waals surface area contributed by atoms with Crippen molar-refractivity contribution in [2.24, 2.45) is 11.7 Å². The highest BCUT2D eigenvalue weighted by atomic mass is 32.2. The van der Waals surface area contributed by atoms with Crippen LogP contribution < -0.4 is 5.73 Å². The Balaban J connectivity index is 1.65. The Morgan fingerprint density at radius 3 is 2.62 bits per heavy atom. The van der Waals surface area contributed by atoms with Gasteiger partial charge >= 0.3 is 5.97 Å². The average molecular weight is 383 g/mol. The van der Waals surface area contributed by atoms with E-state index < -0.39 is 5.60 Å². The predicted molar refractivity (Wildman–Crippen MR) is 105 cm³/mol. The Labute approximate surface area is 160 Å². The lowest BCUT2D eigenvalue weighted by Gasteiger charge is -2.32. The van der Waals surface area contributed by atoms with Crippen LogP contribution in [0.15, 0.2) is 29.2 Å². The number of thioether (sulfide) groups is 1. The van der Waals surface area contributed by atoms with Crippen LogP contribution in [0.3, 0.4) is 0 Å². The molecule has 0 saturated carbocycles. The number of halogens is 1. The molecule has 0 aliphatic carbocycles. The van der Waals surface area contributed by atoms with Crippen molar-refractivity contribution in [2.45, 2.75) is 56.6 Å². The summed E-state index contributed by atoms with van der Waals surface area (Å²) in [7, 11) is 0. The molecule has 0 amide bonds. The number of carbonyl (C=O) groups is 1. The van der Waals surface area contributed by atoms with Gasteiger partial charge in [0.15, 0.2) is 0 Å². The summed E-state index contributed by atoms with van der Waals surface area (Å²) >= 11 is 1.47. The Morgan fingerprint density at radius 1 is 1.35 bits per heavy atom. The number of esters is 1. The molecule has 1 aromatic rings. The Bertz CT molecular complexity index is 583. The van der Waals surface area contributed by atoms with Crippen LogP contribution >= 0.6 is 11.8 Å². The summed E-state index contributed by atoms with van der Waals surface area (Å²) in [4.78, 5) is 15.1. The van der Waals surface area contributed by atoms with Crippen molar-refractivity contribution in [3.8, 4) is 0 Å². The molecule has 2 N–H and O–H groups in total. The second-order valence-electron chi connectivity index (χ2n) is 7.94. The van der Waals surface area contributed by atoms with Gasteiger partial charge in [0.2, 0.25) is 0 Å². The molecule has 2 rings (SSSR count). The van der Waals surface area contributed by atoms with Gasteiger partial charge in [-0.05, 0) is 71.8 Å². The minimum absolute atomic E-state index is 0.00996. The summed E-state index contributed by atoms with van der Waals surface area (Å²) in [6.07, 6.45) is 2.56. The highest BCUT2D eigenvalue weighted by Crippen LogP contribution is 2.23.